The van der Waals surface area contributed by atoms with Crippen LogP contribution >= 0.6 is 12.2 Å². The number of aryl methyl sites for hydroxylation is 3. The normalized spacial score (nSPS) is 16.2. The summed E-state index contributed by atoms with van der Waals surface area (Å²) >= 11 is 5.83. The van der Waals surface area contributed by atoms with E-state index in [4.69, 9.17) is 17.0 Å². The lowest BCUT2D eigenvalue weighted by Gasteiger charge is -2.28. The number of hydrogen-bond acceptors (Lipinski definition) is 6. The lowest BCUT2D eigenvalue weighted by molar-refractivity contribution is -0.384. The van der Waals surface area contributed by atoms with E-state index < -0.39 is 4.92 Å². The molecule has 0 unspecified atom stereocenters. The van der Waals surface area contributed by atoms with Crippen LogP contribution in [0.2, 0.25) is 0 Å². The van der Waals surface area contributed by atoms with Gasteiger partial charge in [0.2, 0.25) is 5.91 Å². The van der Waals surface area contributed by atoms with Crippen LogP contribution in [0.5, 0.6) is 5.75 Å². The number of non-ortho nitro benzene ring substituents is 1. The minimum Gasteiger partial charge on any atom is -0.495 e. The van der Waals surface area contributed by atoms with Gasteiger partial charge in [0.05, 0.1) is 35.5 Å². The van der Waals surface area contributed by atoms with Crippen molar-refractivity contribution in [3.05, 3.63) is 111 Å². The molecular weight excluding hydrogens is 564 g/mol. The van der Waals surface area contributed by atoms with Gasteiger partial charge >= 0.3 is 0 Å². The van der Waals surface area contributed by atoms with Gasteiger partial charge < -0.3 is 24.8 Å². The molecule has 3 heterocycles. The zero-order valence-electron chi connectivity index (χ0n) is 24.7. The third-order valence-electron chi connectivity index (χ3n) is 7.85. The molecule has 2 aromatic heterocycles. The molecule has 43 heavy (non-hydrogen) atoms. The van der Waals surface area contributed by atoms with Gasteiger partial charge in [-0.3, -0.25) is 19.9 Å². The summed E-state index contributed by atoms with van der Waals surface area (Å²) in [7, 11) is 1.54. The summed E-state index contributed by atoms with van der Waals surface area (Å²) in [5, 5.41) is 18.6. The van der Waals surface area contributed by atoms with Crippen LogP contribution in [-0.2, 0) is 4.79 Å². The summed E-state index contributed by atoms with van der Waals surface area (Å²) in [5.74, 6) is 0.406. The first-order chi connectivity index (χ1) is 20.6. The highest BCUT2D eigenvalue weighted by Gasteiger charge is 2.41. The fraction of sp³-hybridized carbons (Fsp3) is 0.281. The third kappa shape index (κ3) is 5.94. The van der Waals surface area contributed by atoms with Crippen molar-refractivity contribution >= 4 is 34.6 Å². The summed E-state index contributed by atoms with van der Waals surface area (Å²) in [6.45, 7) is 8.26. The summed E-state index contributed by atoms with van der Waals surface area (Å²) in [4.78, 5) is 31.0. The number of aromatic nitrogens is 2. The van der Waals surface area contributed by atoms with Crippen molar-refractivity contribution < 1.29 is 14.5 Å². The molecule has 1 aliphatic heterocycles. The molecule has 1 saturated heterocycles. The molecule has 11 heteroatoms. The SMILES string of the molecule is COc1ccc([N+](=O)[O-])cc1-n1c(C)cc([C@@H]2[C@H](c3ccccn3)NC(=S)N2CCC(=O)Nc2cc(C)ccc2C)c1C. The lowest BCUT2D eigenvalue weighted by Crippen LogP contribution is -2.33. The second kappa shape index (κ2) is 12.2. The number of amides is 1. The van der Waals surface area contributed by atoms with Crippen molar-refractivity contribution in [2.45, 2.75) is 46.2 Å². The number of rotatable bonds is 9. The van der Waals surface area contributed by atoms with Gasteiger partial charge in [-0.2, -0.15) is 0 Å². The van der Waals surface area contributed by atoms with Crippen molar-refractivity contribution in [3.8, 4) is 11.4 Å². The van der Waals surface area contributed by atoms with Crippen LogP contribution in [0.25, 0.3) is 5.69 Å². The van der Waals surface area contributed by atoms with Crippen LogP contribution in [0, 0.1) is 37.8 Å². The average molecular weight is 599 g/mol. The van der Waals surface area contributed by atoms with E-state index in [2.05, 4.69) is 21.7 Å². The first kappa shape index (κ1) is 29.7. The Balaban J connectivity index is 1.52. The Bertz CT molecular complexity index is 1700. The number of carbonyl (C=O) groups is 1. The molecule has 2 aromatic carbocycles. The number of ether oxygens (including phenoxy) is 1. The van der Waals surface area contributed by atoms with Crippen molar-refractivity contribution in [2.75, 3.05) is 19.0 Å². The van der Waals surface area contributed by atoms with Gasteiger partial charge in [0.15, 0.2) is 5.11 Å². The van der Waals surface area contributed by atoms with Gasteiger partial charge in [-0.1, -0.05) is 18.2 Å². The Morgan fingerprint density at radius 3 is 2.60 bits per heavy atom. The number of nitrogens with zero attached hydrogens (tertiary/aromatic N) is 4. The zero-order chi connectivity index (χ0) is 30.8. The maximum Gasteiger partial charge on any atom is 0.271 e. The summed E-state index contributed by atoms with van der Waals surface area (Å²) < 4.78 is 7.56. The van der Waals surface area contributed by atoms with Crippen molar-refractivity contribution in [3.63, 3.8) is 0 Å². The standard InChI is InChI=1S/C32H34N6O4S/c1-19-9-10-20(2)26(16-19)34-29(39)13-15-36-31(30(35-32(36)43)25-8-6-7-14-33-25)24-17-21(3)37(22(24)4)27-18-23(38(40)41)11-12-28(27)42-5/h6-12,14,16-18,30-31H,13,15H2,1-5H3,(H,34,39)(H,35,43)/t30-,31+/m0/s1. The van der Waals surface area contributed by atoms with E-state index in [0.29, 0.717) is 23.1 Å². The minimum absolute atomic E-state index is 0.0311. The Labute approximate surface area is 255 Å². The van der Waals surface area contributed by atoms with Crippen LogP contribution < -0.4 is 15.4 Å². The molecule has 0 saturated carbocycles. The molecule has 1 amide bonds. The fourth-order valence-corrected chi connectivity index (χ4v) is 6.05. The van der Waals surface area contributed by atoms with Gasteiger partial charge in [-0.25, -0.2) is 0 Å². The number of anilines is 1. The number of nitro benzene ring substituents is 1. The van der Waals surface area contributed by atoms with E-state index in [9.17, 15) is 14.9 Å². The van der Waals surface area contributed by atoms with Crippen LogP contribution in [0.15, 0.2) is 66.9 Å². The van der Waals surface area contributed by atoms with E-state index in [1.807, 2.05) is 73.6 Å². The highest BCUT2D eigenvalue weighted by atomic mass is 32.1. The predicted molar refractivity (Wildman–Crippen MR) is 170 cm³/mol. The molecule has 1 fully saturated rings. The smallest absolute Gasteiger partial charge is 0.271 e. The molecule has 4 aromatic rings. The molecular formula is C32H34N6O4S. The van der Waals surface area contributed by atoms with Gasteiger partial charge in [-0.05, 0) is 86.9 Å². The molecule has 0 aliphatic carbocycles. The van der Waals surface area contributed by atoms with E-state index >= 15 is 0 Å². The molecule has 10 nitrogen and oxygen atoms in total. The maximum atomic E-state index is 13.1. The highest BCUT2D eigenvalue weighted by Crippen LogP contribution is 2.42. The first-order valence-electron chi connectivity index (χ1n) is 14.0. The van der Waals surface area contributed by atoms with Crippen molar-refractivity contribution in [1.82, 2.24) is 19.8 Å². The number of carbonyl (C=O) groups excluding carboxylic acids is 1. The molecule has 0 spiro atoms. The van der Waals surface area contributed by atoms with Crippen LogP contribution in [0.3, 0.4) is 0 Å². The number of nitro groups is 1. The van der Waals surface area contributed by atoms with Gasteiger partial charge in [0.1, 0.15) is 5.75 Å². The molecule has 0 radical (unpaired) electrons. The molecule has 2 N–H and O–H groups in total. The van der Waals surface area contributed by atoms with E-state index in [1.165, 1.54) is 12.1 Å². The molecule has 0 bridgehead atoms. The van der Waals surface area contributed by atoms with Gasteiger partial charge in [-0.15, -0.1) is 0 Å². The number of thiocarbonyl (C=S) groups is 1. The second-order valence-electron chi connectivity index (χ2n) is 10.7. The van der Waals surface area contributed by atoms with Crippen LogP contribution in [0.4, 0.5) is 11.4 Å². The van der Waals surface area contributed by atoms with Crippen LogP contribution in [-0.4, -0.2) is 44.0 Å². The number of benzene rings is 2. The predicted octanol–water partition coefficient (Wildman–Crippen LogP) is 6.02. The van der Waals surface area contributed by atoms with Crippen molar-refractivity contribution in [1.29, 1.82) is 0 Å². The Hall–Kier alpha value is -4.77. The van der Waals surface area contributed by atoms with Gasteiger partial charge in [0.25, 0.3) is 5.69 Å². The quantitative estimate of drug-likeness (QED) is 0.137. The summed E-state index contributed by atoms with van der Waals surface area (Å²) in [6, 6.07) is 17.8. The van der Waals surface area contributed by atoms with Crippen LogP contribution in [0.1, 0.15) is 52.3 Å². The van der Waals surface area contributed by atoms with Crippen molar-refractivity contribution in [2.24, 2.45) is 0 Å². The fourth-order valence-electron chi connectivity index (χ4n) is 5.71. The molecule has 5 rings (SSSR count). The highest BCUT2D eigenvalue weighted by molar-refractivity contribution is 7.80. The number of hydrogen-bond donors (Lipinski definition) is 2. The Morgan fingerprint density at radius 1 is 1.12 bits per heavy atom. The van der Waals surface area contributed by atoms with E-state index in [0.717, 1.165) is 39.5 Å². The topological polar surface area (TPSA) is 115 Å². The molecule has 1 aliphatic rings. The molecule has 222 valence electrons. The summed E-state index contributed by atoms with van der Waals surface area (Å²) in [5.41, 5.74) is 6.92. The first-order valence-corrected chi connectivity index (χ1v) is 14.4. The number of methoxy groups -OCH3 is 1. The Morgan fingerprint density at radius 2 is 1.91 bits per heavy atom. The number of nitrogens with one attached hydrogen (secondary N) is 2. The maximum absolute atomic E-state index is 13.1. The average Bonchev–Trinajstić information content (AvgIpc) is 3.47. The van der Waals surface area contributed by atoms with Gasteiger partial charge in [0, 0.05) is 48.4 Å². The van der Waals surface area contributed by atoms with E-state index in [1.54, 1.807) is 19.4 Å². The minimum atomic E-state index is -0.417. The largest absolute Gasteiger partial charge is 0.495 e. The monoisotopic (exact) mass is 598 g/mol. The second-order valence-corrected chi connectivity index (χ2v) is 11.1. The Kier molecular flexibility index (Phi) is 8.45. The number of pyridine rings is 1. The van der Waals surface area contributed by atoms with E-state index in [-0.39, 0.29) is 30.1 Å². The zero-order valence-corrected chi connectivity index (χ0v) is 25.6. The third-order valence-corrected chi connectivity index (χ3v) is 8.20. The lowest BCUT2D eigenvalue weighted by atomic mass is 9.96. The molecule has 2 atom stereocenters. The summed E-state index contributed by atoms with van der Waals surface area (Å²) in [6.07, 6.45) is 1.97.